The van der Waals surface area contributed by atoms with Crippen molar-refractivity contribution in [3.05, 3.63) is 77.1 Å². The zero-order valence-corrected chi connectivity index (χ0v) is 23.3. The van der Waals surface area contributed by atoms with E-state index in [4.69, 9.17) is 9.47 Å². The van der Waals surface area contributed by atoms with Crippen LogP contribution in [-0.4, -0.2) is 67.6 Å². The van der Waals surface area contributed by atoms with Crippen molar-refractivity contribution < 1.29 is 41.0 Å². The molecule has 1 saturated heterocycles. The maximum absolute atomic E-state index is 13.2. The first-order chi connectivity index (χ1) is 18.9. The van der Waals surface area contributed by atoms with Crippen LogP contribution < -0.4 is 4.74 Å². The molecule has 0 aliphatic carbocycles. The Labute approximate surface area is 231 Å². The third-order valence-electron chi connectivity index (χ3n) is 6.48. The highest BCUT2D eigenvalue weighted by Crippen LogP contribution is 2.25. The summed E-state index contributed by atoms with van der Waals surface area (Å²) in [6.45, 7) is 3.99. The Hall–Kier alpha value is -3.61. The lowest BCUT2D eigenvalue weighted by Gasteiger charge is -2.34. The van der Waals surface area contributed by atoms with Crippen molar-refractivity contribution in [1.82, 2.24) is 8.87 Å². The number of nitrogens with zero attached hydrogens (tertiary/aromatic N) is 2. The van der Waals surface area contributed by atoms with Crippen LogP contribution in [0.2, 0.25) is 0 Å². The van der Waals surface area contributed by atoms with Gasteiger partial charge in [-0.15, -0.1) is 0 Å². The number of carbonyl (C=O) groups is 2. The summed E-state index contributed by atoms with van der Waals surface area (Å²) in [6.07, 6.45) is -0.531. The second kappa shape index (κ2) is 11.9. The number of ketones is 1. The number of benzene rings is 2. The first-order valence-electron chi connectivity index (χ1n) is 12.6. The van der Waals surface area contributed by atoms with Crippen LogP contribution in [0.5, 0.6) is 5.75 Å². The summed E-state index contributed by atoms with van der Waals surface area (Å²) in [5.41, 5.74) is 2.24. The van der Waals surface area contributed by atoms with Gasteiger partial charge in [-0.3, -0.25) is 4.79 Å². The quantitative estimate of drug-likeness (QED) is 0.272. The van der Waals surface area contributed by atoms with E-state index < -0.39 is 35.0 Å². The number of rotatable bonds is 9. The predicted molar refractivity (Wildman–Crippen MR) is 142 cm³/mol. The van der Waals surface area contributed by atoms with Crippen LogP contribution in [0.15, 0.2) is 59.5 Å². The van der Waals surface area contributed by atoms with E-state index in [0.717, 1.165) is 0 Å². The molecule has 1 aliphatic heterocycles. The number of halogens is 2. The molecule has 1 aromatic heterocycles. The van der Waals surface area contributed by atoms with Gasteiger partial charge in [-0.05, 0) is 76.2 Å². The van der Waals surface area contributed by atoms with Crippen LogP contribution in [0.4, 0.5) is 8.78 Å². The molecule has 40 heavy (non-hydrogen) atoms. The number of alkyl halides is 2. The molecule has 0 N–H and O–H groups in total. The SMILES string of the molecule is Cc1cc(C(=O)COC(=O)c2cccc(S(=O)(=O)N3C[C@@H](C)O[C@H](C)C3)c2)c(C)n1-c1ccc(OC(F)F)cc1. The normalized spacial score (nSPS) is 18.1. The van der Waals surface area contributed by atoms with Gasteiger partial charge in [0.2, 0.25) is 15.8 Å². The minimum absolute atomic E-state index is 0.000176. The summed E-state index contributed by atoms with van der Waals surface area (Å²) in [7, 11) is -3.87. The molecular formula is C28H30F2N2O7S. The topological polar surface area (TPSA) is 104 Å². The minimum atomic E-state index is -3.87. The second-order valence-electron chi connectivity index (χ2n) is 9.60. The first-order valence-corrected chi connectivity index (χ1v) is 14.0. The summed E-state index contributed by atoms with van der Waals surface area (Å²) in [4.78, 5) is 25.7. The number of sulfonamides is 1. The Morgan fingerprint density at radius 2 is 1.68 bits per heavy atom. The molecule has 2 atom stereocenters. The van der Waals surface area contributed by atoms with Crippen LogP contribution in [0, 0.1) is 13.8 Å². The van der Waals surface area contributed by atoms with Gasteiger partial charge >= 0.3 is 12.6 Å². The van der Waals surface area contributed by atoms with Gasteiger partial charge in [0, 0.05) is 35.7 Å². The van der Waals surface area contributed by atoms with Gasteiger partial charge in [-0.25, -0.2) is 13.2 Å². The molecule has 214 valence electrons. The van der Waals surface area contributed by atoms with E-state index in [-0.39, 0.29) is 41.5 Å². The Balaban J connectivity index is 1.45. The lowest BCUT2D eigenvalue weighted by atomic mass is 10.1. The largest absolute Gasteiger partial charge is 0.454 e. The van der Waals surface area contributed by atoms with E-state index >= 15 is 0 Å². The van der Waals surface area contributed by atoms with Crippen LogP contribution >= 0.6 is 0 Å². The van der Waals surface area contributed by atoms with Crippen LogP contribution in [0.1, 0.15) is 46.0 Å². The number of esters is 1. The molecule has 0 bridgehead atoms. The average Bonchev–Trinajstić information content (AvgIpc) is 3.20. The molecule has 1 aliphatic rings. The summed E-state index contributed by atoms with van der Waals surface area (Å²) in [5.74, 6) is -1.28. The van der Waals surface area contributed by atoms with Gasteiger partial charge in [0.05, 0.1) is 22.7 Å². The van der Waals surface area contributed by atoms with Crippen molar-refractivity contribution in [2.45, 2.75) is 51.4 Å². The van der Waals surface area contributed by atoms with E-state index in [1.54, 1.807) is 50.5 Å². The Morgan fingerprint density at radius 3 is 2.30 bits per heavy atom. The predicted octanol–water partition coefficient (Wildman–Crippen LogP) is 4.53. The number of aryl methyl sites for hydroxylation is 1. The highest BCUT2D eigenvalue weighted by atomic mass is 32.2. The molecule has 12 heteroatoms. The maximum atomic E-state index is 13.2. The molecule has 1 fully saturated rings. The smallest absolute Gasteiger partial charge is 0.387 e. The van der Waals surface area contributed by atoms with E-state index in [1.165, 1.54) is 40.7 Å². The number of hydrogen-bond donors (Lipinski definition) is 0. The molecule has 0 unspecified atom stereocenters. The summed E-state index contributed by atoms with van der Waals surface area (Å²) in [6, 6.07) is 13.1. The average molecular weight is 577 g/mol. The molecular weight excluding hydrogens is 546 g/mol. The Bertz CT molecular complexity index is 1490. The molecule has 3 aromatic rings. The fourth-order valence-electron chi connectivity index (χ4n) is 4.77. The van der Waals surface area contributed by atoms with Crippen molar-refractivity contribution in [3.8, 4) is 11.4 Å². The fourth-order valence-corrected chi connectivity index (χ4v) is 6.41. The van der Waals surface area contributed by atoms with Gasteiger partial charge < -0.3 is 18.8 Å². The van der Waals surface area contributed by atoms with E-state index in [2.05, 4.69) is 4.74 Å². The lowest BCUT2D eigenvalue weighted by Crippen LogP contribution is -2.48. The molecule has 2 aromatic carbocycles. The van der Waals surface area contributed by atoms with Crippen LogP contribution in [0.3, 0.4) is 0 Å². The number of hydrogen-bond acceptors (Lipinski definition) is 7. The number of ether oxygens (including phenoxy) is 3. The molecule has 2 heterocycles. The third-order valence-corrected chi connectivity index (χ3v) is 8.31. The highest BCUT2D eigenvalue weighted by Gasteiger charge is 2.32. The summed E-state index contributed by atoms with van der Waals surface area (Å²) >= 11 is 0. The number of carbonyl (C=O) groups excluding carboxylic acids is 2. The monoisotopic (exact) mass is 576 g/mol. The molecule has 4 rings (SSSR count). The van der Waals surface area contributed by atoms with Gasteiger partial charge in [0.15, 0.2) is 6.61 Å². The van der Waals surface area contributed by atoms with Crippen LogP contribution in [0.25, 0.3) is 5.69 Å². The Kier molecular flexibility index (Phi) is 8.71. The standard InChI is InChI=1S/C28H30F2N2O7S/c1-17-12-25(20(4)32(17)22-8-10-23(11-9-22)39-28(29)30)26(33)16-37-27(34)21-6-5-7-24(13-21)40(35,36)31-14-18(2)38-19(3)15-31/h5-13,18-19,28H,14-16H2,1-4H3/t18-,19-/m1/s1. The van der Waals surface area contributed by atoms with E-state index in [1.807, 2.05) is 0 Å². The van der Waals surface area contributed by atoms with Crippen molar-refractivity contribution in [2.24, 2.45) is 0 Å². The lowest BCUT2D eigenvalue weighted by molar-refractivity contribution is -0.0498. The molecule has 9 nitrogen and oxygen atoms in total. The molecule has 0 radical (unpaired) electrons. The number of aromatic nitrogens is 1. The second-order valence-corrected chi connectivity index (χ2v) is 11.5. The summed E-state index contributed by atoms with van der Waals surface area (Å²) < 4.78 is 69.6. The number of Topliss-reactive ketones (excluding diaryl/α,β-unsaturated/α-hetero) is 1. The van der Waals surface area contributed by atoms with Crippen molar-refractivity contribution in [3.63, 3.8) is 0 Å². The van der Waals surface area contributed by atoms with E-state index in [9.17, 15) is 26.8 Å². The number of morpholine rings is 1. The third kappa shape index (κ3) is 6.40. The molecule has 0 saturated carbocycles. The Morgan fingerprint density at radius 1 is 1.02 bits per heavy atom. The highest BCUT2D eigenvalue weighted by molar-refractivity contribution is 7.89. The van der Waals surface area contributed by atoms with Gasteiger partial charge in [-0.2, -0.15) is 13.1 Å². The van der Waals surface area contributed by atoms with Gasteiger partial charge in [0.25, 0.3) is 0 Å². The zero-order chi connectivity index (χ0) is 29.2. The first kappa shape index (κ1) is 29.4. The molecule has 0 spiro atoms. The van der Waals surface area contributed by atoms with Gasteiger partial charge in [-0.1, -0.05) is 6.07 Å². The van der Waals surface area contributed by atoms with Crippen LogP contribution in [-0.2, 0) is 19.5 Å². The van der Waals surface area contributed by atoms with E-state index in [0.29, 0.717) is 22.6 Å². The zero-order valence-electron chi connectivity index (χ0n) is 22.5. The maximum Gasteiger partial charge on any atom is 0.387 e. The van der Waals surface area contributed by atoms with Gasteiger partial charge in [0.1, 0.15) is 5.75 Å². The van der Waals surface area contributed by atoms with Crippen molar-refractivity contribution >= 4 is 21.8 Å². The minimum Gasteiger partial charge on any atom is -0.454 e. The summed E-state index contributed by atoms with van der Waals surface area (Å²) in [5, 5.41) is 0. The van der Waals surface area contributed by atoms with Crippen molar-refractivity contribution in [2.75, 3.05) is 19.7 Å². The fraction of sp³-hybridized carbons (Fsp3) is 0.357. The molecule has 0 amide bonds. The van der Waals surface area contributed by atoms with Crippen molar-refractivity contribution in [1.29, 1.82) is 0 Å².